The van der Waals surface area contributed by atoms with Crippen molar-refractivity contribution in [2.75, 3.05) is 12.9 Å². The second-order valence-electron chi connectivity index (χ2n) is 7.01. The van der Waals surface area contributed by atoms with Crippen molar-refractivity contribution in [2.45, 2.75) is 38.5 Å². The molecule has 4 saturated carbocycles. The Morgan fingerprint density at radius 1 is 1.26 bits per heavy atom. The number of rotatable bonds is 4. The lowest BCUT2D eigenvalue weighted by molar-refractivity contribution is -0.177. The summed E-state index contributed by atoms with van der Waals surface area (Å²) in [5.41, 5.74) is -0.851. The molecule has 0 aromatic rings. The fraction of sp³-hybridized carbons (Fsp3) is 0.923. The fourth-order valence-electron chi connectivity index (χ4n) is 5.10. The largest absolute Gasteiger partial charge is 0.481 e. The monoisotopic (exact) mass is 288 g/mol. The van der Waals surface area contributed by atoms with E-state index in [1.54, 1.807) is 0 Å². The quantitative estimate of drug-likeness (QED) is 0.795. The number of carbonyl (C=O) groups is 1. The third kappa shape index (κ3) is 2.29. The molecule has 5 nitrogen and oxygen atoms in total. The van der Waals surface area contributed by atoms with E-state index in [4.69, 9.17) is 4.18 Å². The van der Waals surface area contributed by atoms with Crippen molar-refractivity contribution in [1.29, 1.82) is 0 Å². The van der Waals surface area contributed by atoms with Crippen molar-refractivity contribution in [3.63, 3.8) is 0 Å². The maximum absolute atomic E-state index is 11.6. The molecule has 4 rings (SSSR count). The highest BCUT2D eigenvalue weighted by atomic mass is 32.2. The van der Waals surface area contributed by atoms with Crippen LogP contribution in [0.25, 0.3) is 0 Å². The SMILES string of the molecule is CS(=O)(=O)OCC12C[C@H]3C[C@@H](C1)CC(C(=O)O)(C3)C2. The van der Waals surface area contributed by atoms with Gasteiger partial charge >= 0.3 is 5.97 Å². The molecule has 4 aliphatic rings. The number of hydrogen-bond donors (Lipinski definition) is 1. The molecule has 4 atom stereocenters. The Balaban J connectivity index is 1.85. The molecule has 4 fully saturated rings. The van der Waals surface area contributed by atoms with E-state index in [1.165, 1.54) is 0 Å². The van der Waals surface area contributed by atoms with E-state index in [1.807, 2.05) is 0 Å². The zero-order valence-corrected chi connectivity index (χ0v) is 11.9. The molecule has 4 aliphatic carbocycles. The molecule has 6 heteroatoms. The van der Waals surface area contributed by atoms with Crippen molar-refractivity contribution in [1.82, 2.24) is 0 Å². The van der Waals surface area contributed by atoms with Crippen LogP contribution in [0.3, 0.4) is 0 Å². The number of carboxylic acids is 1. The highest BCUT2D eigenvalue weighted by Crippen LogP contribution is 2.65. The van der Waals surface area contributed by atoms with Crippen LogP contribution in [0.1, 0.15) is 38.5 Å². The van der Waals surface area contributed by atoms with Crippen molar-refractivity contribution in [3.05, 3.63) is 0 Å². The summed E-state index contributed by atoms with van der Waals surface area (Å²) < 4.78 is 27.4. The first-order chi connectivity index (χ1) is 8.72. The van der Waals surface area contributed by atoms with E-state index in [0.29, 0.717) is 18.3 Å². The van der Waals surface area contributed by atoms with Gasteiger partial charge in [0.1, 0.15) is 0 Å². The van der Waals surface area contributed by atoms with E-state index in [-0.39, 0.29) is 12.0 Å². The zero-order valence-electron chi connectivity index (χ0n) is 11.1. The zero-order chi connectivity index (χ0) is 13.9. The lowest BCUT2D eigenvalue weighted by Gasteiger charge is -2.60. The van der Waals surface area contributed by atoms with Crippen LogP contribution in [0.2, 0.25) is 0 Å². The summed E-state index contributed by atoms with van der Waals surface area (Å²) in [7, 11) is -3.46. The molecule has 1 N–H and O–H groups in total. The molecule has 0 spiro atoms. The smallest absolute Gasteiger partial charge is 0.309 e. The van der Waals surface area contributed by atoms with E-state index in [2.05, 4.69) is 0 Å². The van der Waals surface area contributed by atoms with Crippen LogP contribution >= 0.6 is 0 Å². The van der Waals surface area contributed by atoms with Crippen LogP contribution in [-0.4, -0.2) is 32.4 Å². The fourth-order valence-corrected chi connectivity index (χ4v) is 5.57. The molecular weight excluding hydrogens is 268 g/mol. The lowest BCUT2D eigenvalue weighted by Crippen LogP contribution is -2.56. The summed E-state index contributed by atoms with van der Waals surface area (Å²) in [6, 6.07) is 0. The Morgan fingerprint density at radius 3 is 2.32 bits per heavy atom. The molecule has 0 heterocycles. The highest BCUT2D eigenvalue weighted by molar-refractivity contribution is 7.85. The van der Waals surface area contributed by atoms with Crippen molar-refractivity contribution in [2.24, 2.45) is 22.7 Å². The Morgan fingerprint density at radius 2 is 1.84 bits per heavy atom. The Bertz CT molecular complexity index is 495. The topological polar surface area (TPSA) is 80.7 Å². The summed E-state index contributed by atoms with van der Waals surface area (Å²) >= 11 is 0. The average Bonchev–Trinajstić information content (AvgIpc) is 2.24. The summed E-state index contributed by atoms with van der Waals surface area (Å²) in [5.74, 6) is 0.159. The van der Waals surface area contributed by atoms with Crippen LogP contribution in [0.15, 0.2) is 0 Å². The van der Waals surface area contributed by atoms with E-state index >= 15 is 0 Å². The van der Waals surface area contributed by atoms with E-state index < -0.39 is 21.5 Å². The van der Waals surface area contributed by atoms with Gasteiger partial charge in [0.05, 0.1) is 18.3 Å². The van der Waals surface area contributed by atoms with Crippen LogP contribution < -0.4 is 0 Å². The summed E-state index contributed by atoms with van der Waals surface area (Å²) in [5, 5.41) is 9.56. The van der Waals surface area contributed by atoms with E-state index in [9.17, 15) is 18.3 Å². The lowest BCUT2D eigenvalue weighted by atomic mass is 9.44. The van der Waals surface area contributed by atoms with Gasteiger partial charge in [-0.1, -0.05) is 0 Å². The molecule has 0 aromatic carbocycles. The normalized spacial score (nSPS) is 44.5. The Kier molecular flexibility index (Phi) is 2.78. The minimum absolute atomic E-state index is 0.161. The third-order valence-corrected chi connectivity index (χ3v) is 5.76. The molecule has 0 aromatic heterocycles. The molecule has 0 amide bonds. The van der Waals surface area contributed by atoms with Gasteiger partial charge in [-0.05, 0) is 55.8 Å². The molecule has 0 radical (unpaired) electrons. The first kappa shape index (κ1) is 13.4. The maximum Gasteiger partial charge on any atom is 0.309 e. The molecule has 19 heavy (non-hydrogen) atoms. The second kappa shape index (κ2) is 3.95. The van der Waals surface area contributed by atoms with Gasteiger partial charge < -0.3 is 5.11 Å². The minimum Gasteiger partial charge on any atom is -0.481 e. The summed E-state index contributed by atoms with van der Waals surface area (Å²) in [6.45, 7) is 0.161. The standard InChI is InChI=1S/C13H20O5S/c1-19(16,17)18-8-12-3-9-2-10(4-12)6-13(5-9,7-12)11(14)15/h9-10H,2-8H2,1H3,(H,14,15)/t9-,10+,12?,13?. The molecule has 108 valence electrons. The average molecular weight is 288 g/mol. The molecule has 4 bridgehead atoms. The predicted octanol–water partition coefficient (Wildman–Crippen LogP) is 1.63. The first-order valence-electron chi connectivity index (χ1n) is 6.80. The van der Waals surface area contributed by atoms with Crippen LogP contribution in [0, 0.1) is 22.7 Å². The van der Waals surface area contributed by atoms with Gasteiger partial charge in [-0.15, -0.1) is 0 Å². The Labute approximate surface area is 113 Å². The molecule has 0 aliphatic heterocycles. The predicted molar refractivity (Wildman–Crippen MR) is 68.0 cm³/mol. The van der Waals surface area contributed by atoms with E-state index in [0.717, 1.165) is 38.4 Å². The van der Waals surface area contributed by atoms with Gasteiger partial charge in [0.15, 0.2) is 0 Å². The summed E-state index contributed by atoms with van der Waals surface area (Å²) in [4.78, 5) is 11.6. The van der Waals surface area contributed by atoms with Gasteiger partial charge in [-0.3, -0.25) is 8.98 Å². The van der Waals surface area contributed by atoms with Crippen LogP contribution in [0.5, 0.6) is 0 Å². The van der Waals surface area contributed by atoms with Gasteiger partial charge in [-0.2, -0.15) is 8.42 Å². The second-order valence-corrected chi connectivity index (χ2v) is 8.66. The number of carboxylic acid groups (broad SMARTS) is 1. The van der Waals surface area contributed by atoms with Crippen molar-refractivity contribution in [3.8, 4) is 0 Å². The number of hydrogen-bond acceptors (Lipinski definition) is 4. The third-order valence-electron chi connectivity index (χ3n) is 5.22. The van der Waals surface area contributed by atoms with Gasteiger partial charge in [0.25, 0.3) is 10.1 Å². The molecule has 2 unspecified atom stereocenters. The van der Waals surface area contributed by atoms with Gasteiger partial charge in [0, 0.05) is 0 Å². The Hall–Kier alpha value is -0.620. The van der Waals surface area contributed by atoms with Crippen molar-refractivity contribution < 1.29 is 22.5 Å². The number of aliphatic carboxylic acids is 1. The maximum atomic E-state index is 11.6. The highest BCUT2D eigenvalue weighted by Gasteiger charge is 2.61. The first-order valence-corrected chi connectivity index (χ1v) is 8.62. The molecular formula is C13H20O5S. The van der Waals surface area contributed by atoms with Crippen LogP contribution in [0.4, 0.5) is 0 Å². The molecule has 0 saturated heterocycles. The van der Waals surface area contributed by atoms with Gasteiger partial charge in [-0.25, -0.2) is 0 Å². The van der Waals surface area contributed by atoms with Crippen LogP contribution in [-0.2, 0) is 19.1 Å². The summed E-state index contributed by atoms with van der Waals surface area (Å²) in [6.07, 6.45) is 6.12. The van der Waals surface area contributed by atoms with Crippen molar-refractivity contribution >= 4 is 16.1 Å². The van der Waals surface area contributed by atoms with Gasteiger partial charge in [0.2, 0.25) is 0 Å². The minimum atomic E-state index is -3.46.